The van der Waals surface area contributed by atoms with Gasteiger partial charge in [0, 0.05) is 33.4 Å². The van der Waals surface area contributed by atoms with Gasteiger partial charge in [0.25, 0.3) is 0 Å². The van der Waals surface area contributed by atoms with Gasteiger partial charge in [-0.15, -0.1) is 24.0 Å². The van der Waals surface area contributed by atoms with Crippen molar-refractivity contribution in [2.24, 2.45) is 10.4 Å². The molecule has 1 saturated carbocycles. The molecule has 6 heteroatoms. The van der Waals surface area contributed by atoms with E-state index in [1.165, 1.54) is 24.8 Å². The molecule has 0 aromatic heterocycles. The van der Waals surface area contributed by atoms with E-state index < -0.39 is 0 Å². The van der Waals surface area contributed by atoms with E-state index in [1.54, 1.807) is 14.2 Å². The Morgan fingerprint density at radius 1 is 1.15 bits per heavy atom. The first-order valence-electron chi connectivity index (χ1n) is 9.85. The second-order valence-electron chi connectivity index (χ2n) is 7.17. The van der Waals surface area contributed by atoms with Crippen molar-refractivity contribution in [3.05, 3.63) is 29.8 Å². The van der Waals surface area contributed by atoms with Crippen LogP contribution < -0.4 is 15.4 Å². The first kappa shape index (κ1) is 24.0. The summed E-state index contributed by atoms with van der Waals surface area (Å²) in [6.07, 6.45) is 7.11. The number of aryl methyl sites for hydroxylation is 1. The lowest BCUT2D eigenvalue weighted by molar-refractivity contribution is 0.0778. The summed E-state index contributed by atoms with van der Waals surface area (Å²) in [7, 11) is 3.48. The molecule has 27 heavy (non-hydrogen) atoms. The van der Waals surface area contributed by atoms with E-state index in [4.69, 9.17) is 14.5 Å². The van der Waals surface area contributed by atoms with Gasteiger partial charge in [0.2, 0.25) is 0 Å². The van der Waals surface area contributed by atoms with E-state index in [0.29, 0.717) is 5.41 Å². The molecular weight excluding hydrogens is 453 g/mol. The van der Waals surface area contributed by atoms with Crippen LogP contribution in [0.1, 0.15) is 44.6 Å². The Labute approximate surface area is 181 Å². The van der Waals surface area contributed by atoms with Gasteiger partial charge in [-0.2, -0.15) is 0 Å². The second-order valence-corrected chi connectivity index (χ2v) is 7.17. The molecule has 0 atom stereocenters. The maximum Gasteiger partial charge on any atom is 0.191 e. The summed E-state index contributed by atoms with van der Waals surface area (Å²) in [5.41, 5.74) is 1.70. The van der Waals surface area contributed by atoms with Gasteiger partial charge < -0.3 is 20.1 Å². The SMILES string of the molecule is CCNC(=NCC1(CCOC)CCC1)NCCCc1ccc(OC)cc1.I. The lowest BCUT2D eigenvalue weighted by atomic mass is 9.67. The molecule has 2 rings (SSSR count). The van der Waals surface area contributed by atoms with Crippen molar-refractivity contribution in [3.63, 3.8) is 0 Å². The molecule has 0 unspecified atom stereocenters. The first-order valence-corrected chi connectivity index (χ1v) is 9.85. The van der Waals surface area contributed by atoms with Crippen LogP contribution in [0.4, 0.5) is 0 Å². The number of rotatable bonds is 11. The number of hydrogen-bond acceptors (Lipinski definition) is 3. The summed E-state index contributed by atoms with van der Waals surface area (Å²) in [5.74, 6) is 1.85. The van der Waals surface area contributed by atoms with Gasteiger partial charge >= 0.3 is 0 Å². The summed E-state index contributed by atoms with van der Waals surface area (Å²) in [4.78, 5) is 4.85. The van der Waals surface area contributed by atoms with Crippen LogP contribution in [0.5, 0.6) is 5.75 Å². The van der Waals surface area contributed by atoms with E-state index in [0.717, 1.165) is 57.2 Å². The highest BCUT2D eigenvalue weighted by Crippen LogP contribution is 2.44. The fraction of sp³-hybridized carbons (Fsp3) is 0.667. The Bertz CT molecular complexity index is 545. The van der Waals surface area contributed by atoms with Crippen LogP contribution in [0.3, 0.4) is 0 Å². The predicted octanol–water partition coefficient (Wildman–Crippen LogP) is 4.01. The normalized spacial score (nSPS) is 15.4. The highest BCUT2D eigenvalue weighted by atomic mass is 127. The lowest BCUT2D eigenvalue weighted by Gasteiger charge is -2.40. The van der Waals surface area contributed by atoms with Crippen molar-refractivity contribution in [1.82, 2.24) is 10.6 Å². The molecule has 0 bridgehead atoms. The number of methoxy groups -OCH3 is 2. The van der Waals surface area contributed by atoms with E-state index in [2.05, 4.69) is 29.7 Å². The largest absolute Gasteiger partial charge is 0.497 e. The highest BCUT2D eigenvalue weighted by Gasteiger charge is 2.36. The van der Waals surface area contributed by atoms with Crippen LogP contribution in [-0.2, 0) is 11.2 Å². The first-order chi connectivity index (χ1) is 12.7. The number of benzene rings is 1. The molecular formula is C21H36IN3O2. The molecule has 2 N–H and O–H groups in total. The number of halogens is 1. The minimum atomic E-state index is 0. The summed E-state index contributed by atoms with van der Waals surface area (Å²) >= 11 is 0. The summed E-state index contributed by atoms with van der Waals surface area (Å²) < 4.78 is 10.5. The van der Waals surface area contributed by atoms with Gasteiger partial charge in [-0.1, -0.05) is 18.6 Å². The van der Waals surface area contributed by atoms with Crippen LogP contribution in [0.2, 0.25) is 0 Å². The molecule has 154 valence electrons. The molecule has 0 aliphatic heterocycles. The summed E-state index contributed by atoms with van der Waals surface area (Å²) in [6.45, 7) is 5.64. The van der Waals surface area contributed by atoms with Crippen LogP contribution in [0, 0.1) is 5.41 Å². The topological polar surface area (TPSA) is 54.9 Å². The molecule has 0 spiro atoms. The molecule has 1 aromatic carbocycles. The van der Waals surface area contributed by atoms with Crippen molar-refractivity contribution in [2.45, 2.75) is 45.4 Å². The predicted molar refractivity (Wildman–Crippen MR) is 123 cm³/mol. The van der Waals surface area contributed by atoms with Crippen molar-refractivity contribution in [3.8, 4) is 5.75 Å². The van der Waals surface area contributed by atoms with E-state index in [9.17, 15) is 0 Å². The zero-order valence-electron chi connectivity index (χ0n) is 17.1. The van der Waals surface area contributed by atoms with Crippen molar-refractivity contribution in [1.29, 1.82) is 0 Å². The Morgan fingerprint density at radius 2 is 1.89 bits per heavy atom. The van der Waals surface area contributed by atoms with Crippen molar-refractivity contribution >= 4 is 29.9 Å². The minimum absolute atomic E-state index is 0. The maximum absolute atomic E-state index is 5.28. The zero-order valence-corrected chi connectivity index (χ0v) is 19.4. The zero-order chi connectivity index (χ0) is 18.7. The Kier molecular flexibility index (Phi) is 11.7. The van der Waals surface area contributed by atoms with Gasteiger partial charge in [0.1, 0.15) is 5.75 Å². The number of aliphatic imine (C=N–C) groups is 1. The average molecular weight is 489 g/mol. The average Bonchev–Trinajstić information content (AvgIpc) is 2.64. The molecule has 0 radical (unpaired) electrons. The van der Waals surface area contributed by atoms with Gasteiger partial charge in [-0.3, -0.25) is 4.99 Å². The standard InChI is InChI=1S/C21H35N3O2.HI/c1-4-22-20(24-17-21(12-6-13-21)14-16-25-2)23-15-5-7-18-8-10-19(26-3)11-9-18;/h8-11H,4-7,12-17H2,1-3H3,(H2,22,23,24);1H. The summed E-state index contributed by atoms with van der Waals surface area (Å²) in [6, 6.07) is 8.31. The van der Waals surface area contributed by atoms with Crippen LogP contribution >= 0.6 is 24.0 Å². The molecule has 0 saturated heterocycles. The van der Waals surface area contributed by atoms with Crippen LogP contribution in [0.25, 0.3) is 0 Å². The van der Waals surface area contributed by atoms with Gasteiger partial charge in [0.15, 0.2) is 5.96 Å². The third kappa shape index (κ3) is 8.25. The number of hydrogen-bond donors (Lipinski definition) is 2. The molecule has 1 fully saturated rings. The third-order valence-electron chi connectivity index (χ3n) is 5.26. The monoisotopic (exact) mass is 489 g/mol. The third-order valence-corrected chi connectivity index (χ3v) is 5.26. The number of guanidine groups is 1. The van der Waals surface area contributed by atoms with E-state index in [1.807, 2.05) is 12.1 Å². The van der Waals surface area contributed by atoms with Crippen LogP contribution in [0.15, 0.2) is 29.3 Å². The summed E-state index contributed by atoms with van der Waals surface area (Å²) in [5, 5.41) is 6.84. The maximum atomic E-state index is 5.28. The number of nitrogens with one attached hydrogen (secondary N) is 2. The Morgan fingerprint density at radius 3 is 2.44 bits per heavy atom. The van der Waals surface area contributed by atoms with Crippen LogP contribution in [-0.4, -0.2) is 46.4 Å². The molecule has 1 aromatic rings. The quantitative estimate of drug-likeness (QED) is 0.214. The molecule has 1 aliphatic carbocycles. The van der Waals surface area contributed by atoms with Gasteiger partial charge in [-0.05, 0) is 62.1 Å². The molecule has 0 amide bonds. The Hall–Kier alpha value is -1.02. The minimum Gasteiger partial charge on any atom is -0.497 e. The number of nitrogens with zero attached hydrogens (tertiary/aromatic N) is 1. The molecule has 0 heterocycles. The smallest absolute Gasteiger partial charge is 0.191 e. The van der Waals surface area contributed by atoms with Crippen molar-refractivity contribution < 1.29 is 9.47 Å². The second kappa shape index (κ2) is 13.2. The fourth-order valence-electron chi connectivity index (χ4n) is 3.36. The molecule has 1 aliphatic rings. The van der Waals surface area contributed by atoms with Gasteiger partial charge in [0.05, 0.1) is 7.11 Å². The van der Waals surface area contributed by atoms with E-state index >= 15 is 0 Å². The molecule has 5 nitrogen and oxygen atoms in total. The van der Waals surface area contributed by atoms with Crippen molar-refractivity contribution in [2.75, 3.05) is 40.5 Å². The Balaban J connectivity index is 0.00000364. The van der Waals surface area contributed by atoms with E-state index in [-0.39, 0.29) is 24.0 Å². The number of ether oxygens (including phenoxy) is 2. The lowest BCUT2D eigenvalue weighted by Crippen LogP contribution is -2.40. The highest BCUT2D eigenvalue weighted by molar-refractivity contribution is 14.0. The fourth-order valence-corrected chi connectivity index (χ4v) is 3.36. The van der Waals surface area contributed by atoms with Gasteiger partial charge in [-0.25, -0.2) is 0 Å².